The molecule has 0 saturated carbocycles. The molecule has 2 atom stereocenters. The Labute approximate surface area is 115 Å². The molecule has 0 saturated heterocycles. The van der Waals surface area contributed by atoms with E-state index in [9.17, 15) is 9.90 Å². The van der Waals surface area contributed by atoms with Crippen LogP contribution < -0.4 is 0 Å². The van der Waals surface area contributed by atoms with Gasteiger partial charge in [-0.05, 0) is 17.7 Å². The summed E-state index contributed by atoms with van der Waals surface area (Å²) in [4.78, 5) is 15.2. The second-order valence-electron chi connectivity index (χ2n) is 3.90. The van der Waals surface area contributed by atoms with Gasteiger partial charge in [-0.15, -0.1) is 0 Å². The number of hydrogen-bond acceptors (Lipinski definition) is 4. The van der Waals surface area contributed by atoms with Gasteiger partial charge in [0.2, 0.25) is 0 Å². The van der Waals surface area contributed by atoms with E-state index in [0.29, 0.717) is 5.03 Å². The quantitative estimate of drug-likeness (QED) is 0.820. The summed E-state index contributed by atoms with van der Waals surface area (Å²) in [5.41, 5.74) is 0.757. The lowest BCUT2D eigenvalue weighted by atomic mass is 10.1. The van der Waals surface area contributed by atoms with Crippen LogP contribution in [-0.4, -0.2) is 27.3 Å². The minimum Gasteiger partial charge on any atom is -0.479 e. The molecule has 0 fully saturated rings. The van der Waals surface area contributed by atoms with Gasteiger partial charge in [-0.2, -0.15) is 0 Å². The van der Waals surface area contributed by atoms with Crippen molar-refractivity contribution in [3.05, 3.63) is 60.3 Å². The largest absolute Gasteiger partial charge is 0.479 e. The maximum absolute atomic E-state index is 11.0. The third-order valence-electron chi connectivity index (χ3n) is 2.55. The zero-order chi connectivity index (χ0) is 13.7. The molecule has 1 aromatic heterocycles. The average Bonchev–Trinajstić information content (AvgIpc) is 2.46. The summed E-state index contributed by atoms with van der Waals surface area (Å²) in [6.07, 6.45) is 0.159. The number of benzene rings is 1. The Kier molecular flexibility index (Phi) is 4.54. The Bertz CT molecular complexity index is 533. The third-order valence-corrected chi connectivity index (χ3v) is 3.82. The summed E-state index contributed by atoms with van der Waals surface area (Å²) < 4.78 is 0. The third kappa shape index (κ3) is 3.56. The summed E-state index contributed by atoms with van der Waals surface area (Å²) in [6, 6.07) is 14.5. The standard InChI is InChI=1S/C14H13NO3S/c16-12(14(17)18)13(10-6-2-1-3-7-10)19-11-8-4-5-9-15-11/h1-9,12-13,16H,(H,17,18). The highest BCUT2D eigenvalue weighted by atomic mass is 32.2. The molecular weight excluding hydrogens is 262 g/mol. The molecule has 1 aromatic carbocycles. The van der Waals surface area contributed by atoms with Gasteiger partial charge in [-0.1, -0.05) is 48.2 Å². The number of aliphatic hydroxyl groups is 1. The van der Waals surface area contributed by atoms with Gasteiger partial charge >= 0.3 is 5.97 Å². The van der Waals surface area contributed by atoms with Crippen LogP contribution in [-0.2, 0) is 4.79 Å². The van der Waals surface area contributed by atoms with Crippen molar-refractivity contribution in [2.45, 2.75) is 16.4 Å². The van der Waals surface area contributed by atoms with Crippen LogP contribution in [0.15, 0.2) is 59.8 Å². The van der Waals surface area contributed by atoms with Crippen LogP contribution in [0, 0.1) is 0 Å². The molecule has 0 aliphatic carbocycles. The van der Waals surface area contributed by atoms with E-state index in [0.717, 1.165) is 5.56 Å². The molecule has 2 rings (SSSR count). The topological polar surface area (TPSA) is 70.4 Å². The van der Waals surface area contributed by atoms with E-state index in [4.69, 9.17) is 5.11 Å². The van der Waals surface area contributed by atoms with Gasteiger partial charge in [0.05, 0.1) is 10.3 Å². The van der Waals surface area contributed by atoms with Crippen molar-refractivity contribution < 1.29 is 15.0 Å². The van der Waals surface area contributed by atoms with Crippen molar-refractivity contribution in [2.75, 3.05) is 0 Å². The number of carbonyl (C=O) groups is 1. The first-order valence-electron chi connectivity index (χ1n) is 5.72. The van der Waals surface area contributed by atoms with Gasteiger partial charge in [0.15, 0.2) is 6.10 Å². The van der Waals surface area contributed by atoms with Gasteiger partial charge in [-0.25, -0.2) is 9.78 Å². The Morgan fingerprint density at radius 2 is 1.79 bits per heavy atom. The van der Waals surface area contributed by atoms with Crippen molar-refractivity contribution in [1.29, 1.82) is 0 Å². The van der Waals surface area contributed by atoms with Crippen molar-refractivity contribution in [3.63, 3.8) is 0 Å². The summed E-state index contributed by atoms with van der Waals surface area (Å²) >= 11 is 1.24. The number of aliphatic carboxylic acids is 1. The fourth-order valence-electron chi connectivity index (χ4n) is 1.63. The normalized spacial score (nSPS) is 13.7. The van der Waals surface area contributed by atoms with Gasteiger partial charge < -0.3 is 10.2 Å². The van der Waals surface area contributed by atoms with Gasteiger partial charge in [0.1, 0.15) is 0 Å². The summed E-state index contributed by atoms with van der Waals surface area (Å²) in [5.74, 6) is -1.24. The van der Waals surface area contributed by atoms with Crippen molar-refractivity contribution in [2.24, 2.45) is 0 Å². The van der Waals surface area contributed by atoms with E-state index in [1.54, 1.807) is 30.5 Å². The predicted octanol–water partition coefficient (Wildman–Crippen LogP) is 2.36. The molecule has 0 aliphatic heterocycles. The van der Waals surface area contributed by atoms with E-state index in [1.165, 1.54) is 11.8 Å². The summed E-state index contributed by atoms with van der Waals surface area (Å²) in [6.45, 7) is 0. The number of carboxylic acids is 1. The summed E-state index contributed by atoms with van der Waals surface area (Å²) in [5, 5.41) is 18.9. The average molecular weight is 275 g/mol. The predicted molar refractivity (Wildman–Crippen MR) is 72.9 cm³/mol. The van der Waals surface area contributed by atoms with Crippen LogP contribution in [0.3, 0.4) is 0 Å². The second kappa shape index (κ2) is 6.36. The number of nitrogens with zero attached hydrogens (tertiary/aromatic N) is 1. The van der Waals surface area contributed by atoms with Crippen molar-refractivity contribution >= 4 is 17.7 Å². The molecule has 2 unspecified atom stereocenters. The van der Waals surface area contributed by atoms with Crippen molar-refractivity contribution in [1.82, 2.24) is 4.98 Å². The van der Waals surface area contributed by atoms with E-state index in [1.807, 2.05) is 24.3 Å². The number of aliphatic hydroxyl groups excluding tert-OH is 1. The molecule has 4 nitrogen and oxygen atoms in total. The first kappa shape index (κ1) is 13.6. The lowest BCUT2D eigenvalue weighted by Gasteiger charge is -2.19. The number of thioether (sulfide) groups is 1. The molecule has 19 heavy (non-hydrogen) atoms. The Morgan fingerprint density at radius 3 is 2.37 bits per heavy atom. The molecule has 0 amide bonds. The van der Waals surface area contributed by atoms with Gasteiger partial charge in [-0.3, -0.25) is 0 Å². The molecule has 2 N–H and O–H groups in total. The maximum atomic E-state index is 11.0. The molecule has 5 heteroatoms. The van der Waals surface area contributed by atoms with E-state index >= 15 is 0 Å². The molecule has 98 valence electrons. The van der Waals surface area contributed by atoms with Gasteiger partial charge in [0.25, 0.3) is 0 Å². The molecular formula is C14H13NO3S. The van der Waals surface area contributed by atoms with Crippen LogP contribution in [0.5, 0.6) is 0 Å². The highest BCUT2D eigenvalue weighted by Gasteiger charge is 2.28. The lowest BCUT2D eigenvalue weighted by Crippen LogP contribution is -2.25. The first-order chi connectivity index (χ1) is 9.18. The number of carboxylic acid groups (broad SMARTS) is 1. The highest BCUT2D eigenvalue weighted by molar-refractivity contribution is 7.99. The molecule has 2 aromatic rings. The number of aromatic nitrogens is 1. The first-order valence-corrected chi connectivity index (χ1v) is 6.60. The number of rotatable bonds is 5. The molecule has 0 spiro atoms. The lowest BCUT2D eigenvalue weighted by molar-refractivity contribution is -0.146. The van der Waals surface area contributed by atoms with E-state index in [2.05, 4.69) is 4.98 Å². The van der Waals surface area contributed by atoms with Gasteiger partial charge in [0, 0.05) is 6.20 Å². The molecule has 0 bridgehead atoms. The zero-order valence-corrected chi connectivity index (χ0v) is 10.8. The minimum atomic E-state index is -1.48. The summed E-state index contributed by atoms with van der Waals surface area (Å²) in [7, 11) is 0. The monoisotopic (exact) mass is 275 g/mol. The molecule has 0 aliphatic rings. The zero-order valence-electron chi connectivity index (χ0n) is 10.0. The van der Waals surface area contributed by atoms with E-state index in [-0.39, 0.29) is 0 Å². The number of hydrogen-bond donors (Lipinski definition) is 2. The molecule has 0 radical (unpaired) electrons. The van der Waals surface area contributed by atoms with Crippen LogP contribution in [0.25, 0.3) is 0 Å². The second-order valence-corrected chi connectivity index (χ2v) is 5.06. The maximum Gasteiger partial charge on any atom is 0.334 e. The fourth-order valence-corrected chi connectivity index (χ4v) is 2.71. The fraction of sp³-hybridized carbons (Fsp3) is 0.143. The van der Waals surface area contributed by atoms with Crippen LogP contribution in [0.1, 0.15) is 10.8 Å². The van der Waals surface area contributed by atoms with Crippen LogP contribution in [0.4, 0.5) is 0 Å². The Morgan fingerprint density at radius 1 is 1.11 bits per heavy atom. The van der Waals surface area contributed by atoms with Crippen LogP contribution >= 0.6 is 11.8 Å². The minimum absolute atomic E-state index is 0.589. The molecule has 1 heterocycles. The highest BCUT2D eigenvalue weighted by Crippen LogP contribution is 2.36. The number of pyridine rings is 1. The smallest absolute Gasteiger partial charge is 0.334 e. The Balaban J connectivity index is 2.27. The Hall–Kier alpha value is -1.85. The van der Waals surface area contributed by atoms with E-state index < -0.39 is 17.3 Å². The van der Waals surface area contributed by atoms with Crippen LogP contribution in [0.2, 0.25) is 0 Å². The SMILES string of the molecule is O=C(O)C(O)C(Sc1ccccn1)c1ccccc1. The van der Waals surface area contributed by atoms with Crippen molar-refractivity contribution in [3.8, 4) is 0 Å².